The van der Waals surface area contributed by atoms with Gasteiger partial charge in [-0.05, 0) is 60.7 Å². The largest absolute Gasteiger partial charge is 0.456 e. The van der Waals surface area contributed by atoms with Gasteiger partial charge >= 0.3 is 0 Å². The summed E-state index contributed by atoms with van der Waals surface area (Å²) >= 11 is 1.51. The van der Waals surface area contributed by atoms with Crippen LogP contribution in [0.15, 0.2) is 80.9 Å². The molecule has 0 aliphatic carbocycles. The zero-order chi connectivity index (χ0) is 22.1. The van der Waals surface area contributed by atoms with Crippen LogP contribution >= 0.6 is 11.3 Å². The third kappa shape index (κ3) is 5.37. The second-order valence-corrected chi connectivity index (χ2v) is 6.92. The Balaban J connectivity index is 1.72. The molecule has 7 heteroatoms. The van der Waals surface area contributed by atoms with E-state index in [1.807, 2.05) is 36.4 Å². The van der Waals surface area contributed by atoms with Crippen LogP contribution in [0, 0.1) is 35.8 Å². The van der Waals surface area contributed by atoms with Crippen molar-refractivity contribution in [1.29, 1.82) is 10.5 Å². The maximum atomic E-state index is 8.73. The molecule has 0 fully saturated rings. The summed E-state index contributed by atoms with van der Waals surface area (Å²) in [5.74, 6) is 2.62. The van der Waals surface area contributed by atoms with Crippen LogP contribution in [0.1, 0.15) is 11.5 Å². The molecule has 3 heterocycles. The highest BCUT2D eigenvalue weighted by atomic mass is 32.1. The summed E-state index contributed by atoms with van der Waals surface area (Å²) in [6.07, 6.45) is 9.44. The molecule has 3 rings (SSSR count). The normalized spacial score (nSPS) is 11.9. The molecule has 0 saturated heterocycles. The second-order valence-electron chi connectivity index (χ2n) is 5.84. The summed E-state index contributed by atoms with van der Waals surface area (Å²) in [6, 6.07) is 14.8. The molecule has 0 atom stereocenters. The first-order valence-electron chi connectivity index (χ1n) is 8.79. The van der Waals surface area contributed by atoms with E-state index in [4.69, 9.17) is 32.5 Å². The van der Waals surface area contributed by atoms with Gasteiger partial charge in [-0.2, -0.15) is 0 Å². The van der Waals surface area contributed by atoms with Crippen molar-refractivity contribution in [2.75, 3.05) is 0 Å². The van der Waals surface area contributed by atoms with Crippen LogP contribution in [-0.2, 0) is 0 Å². The molecule has 0 spiro atoms. The van der Waals surface area contributed by atoms with Gasteiger partial charge in [0.15, 0.2) is 0 Å². The quantitative estimate of drug-likeness (QED) is 0.245. The molecule has 0 saturated carbocycles. The Morgan fingerprint density at radius 1 is 0.774 bits per heavy atom. The van der Waals surface area contributed by atoms with E-state index in [9.17, 15) is 0 Å². The Kier molecular flexibility index (Phi) is 6.81. The van der Waals surface area contributed by atoms with Gasteiger partial charge in [-0.3, -0.25) is 0 Å². The van der Waals surface area contributed by atoms with E-state index in [1.54, 1.807) is 36.4 Å². The molecule has 0 bridgehead atoms. The number of nitriles is 2. The number of thiophene rings is 1. The average molecular weight is 420 g/mol. The summed E-state index contributed by atoms with van der Waals surface area (Å²) in [5, 5.41) is 17.5. The molecule has 3 aromatic heterocycles. The van der Waals surface area contributed by atoms with Crippen LogP contribution in [0.3, 0.4) is 0 Å². The van der Waals surface area contributed by atoms with Crippen LogP contribution < -0.4 is 0 Å². The van der Waals surface area contributed by atoms with Crippen molar-refractivity contribution in [3.63, 3.8) is 0 Å². The van der Waals surface area contributed by atoms with Gasteiger partial charge in [-0.1, -0.05) is 12.2 Å². The highest BCUT2D eigenvalue weighted by molar-refractivity contribution is 7.18. The topological polar surface area (TPSA) is 82.6 Å². The third-order valence-electron chi connectivity index (χ3n) is 3.84. The minimum Gasteiger partial charge on any atom is -0.456 e. The van der Waals surface area contributed by atoms with Gasteiger partial charge in [0.2, 0.25) is 0 Å². The summed E-state index contributed by atoms with van der Waals surface area (Å²) in [7, 11) is 0. The predicted molar refractivity (Wildman–Crippen MR) is 118 cm³/mol. The van der Waals surface area contributed by atoms with Crippen LogP contribution in [-0.4, -0.2) is 0 Å². The molecular formula is C24H12N4O2S. The lowest BCUT2D eigenvalue weighted by atomic mass is 10.3. The van der Waals surface area contributed by atoms with Crippen molar-refractivity contribution in [2.45, 2.75) is 0 Å². The van der Waals surface area contributed by atoms with E-state index in [1.165, 1.54) is 23.5 Å². The van der Waals surface area contributed by atoms with Crippen LogP contribution in [0.25, 0.3) is 43.1 Å². The number of rotatable bonds is 6. The van der Waals surface area contributed by atoms with Crippen molar-refractivity contribution in [3.8, 4) is 33.4 Å². The van der Waals surface area contributed by atoms with Crippen molar-refractivity contribution >= 4 is 23.5 Å². The van der Waals surface area contributed by atoms with Crippen molar-refractivity contribution in [3.05, 3.63) is 106 Å². The highest BCUT2D eigenvalue weighted by Crippen LogP contribution is 2.36. The molecule has 6 nitrogen and oxygen atoms in total. The number of allylic oxidation sites excluding steroid dienone is 6. The number of furan rings is 2. The predicted octanol–water partition coefficient (Wildman–Crippen LogP) is 6.95. The lowest BCUT2D eigenvalue weighted by Crippen LogP contribution is -1.65. The first-order chi connectivity index (χ1) is 15.2. The lowest BCUT2D eigenvalue weighted by Gasteiger charge is -1.91. The smallest absolute Gasteiger partial charge is 0.261 e. The second kappa shape index (κ2) is 10.1. The van der Waals surface area contributed by atoms with Gasteiger partial charge in [-0.25, -0.2) is 20.2 Å². The van der Waals surface area contributed by atoms with Crippen molar-refractivity contribution in [2.24, 2.45) is 0 Å². The maximum Gasteiger partial charge on any atom is 0.261 e. The Bertz CT molecular complexity index is 1250. The maximum absolute atomic E-state index is 8.73. The van der Waals surface area contributed by atoms with Crippen molar-refractivity contribution in [1.82, 2.24) is 0 Å². The Labute approximate surface area is 182 Å². The molecule has 0 aliphatic rings. The zero-order valence-electron chi connectivity index (χ0n) is 15.9. The van der Waals surface area contributed by atoms with E-state index >= 15 is 0 Å². The Hall–Kier alpha value is -4.82. The molecule has 0 amide bonds. The summed E-state index contributed by atoms with van der Waals surface area (Å²) in [4.78, 5) is 8.02. The monoisotopic (exact) mass is 420 g/mol. The van der Waals surface area contributed by atoms with Crippen LogP contribution in [0.4, 0.5) is 0 Å². The summed E-state index contributed by atoms with van der Waals surface area (Å²) in [6.45, 7) is 13.7. The summed E-state index contributed by atoms with van der Waals surface area (Å²) in [5.41, 5.74) is 0.0120. The van der Waals surface area contributed by atoms with Gasteiger partial charge < -0.3 is 8.83 Å². The van der Waals surface area contributed by atoms with Gasteiger partial charge in [0.1, 0.15) is 23.0 Å². The molecule has 31 heavy (non-hydrogen) atoms. The molecule has 0 aromatic carbocycles. The summed E-state index contributed by atoms with van der Waals surface area (Å²) < 4.78 is 11.6. The highest BCUT2D eigenvalue weighted by Gasteiger charge is 2.10. The van der Waals surface area contributed by atoms with Crippen LogP contribution in [0.2, 0.25) is 0 Å². The van der Waals surface area contributed by atoms with Gasteiger partial charge in [0.25, 0.3) is 11.4 Å². The standard InChI is InChI=1S/C24H12N4O2S/c1-27-17(15-25)5-3-7-19-9-11-21(29-19)23-13-14-24(31-23)22-12-10-20(30-22)8-4-6-18(16-26)28-2/h3-14H/b7-3+,8-4+,17-5-,18-6+. The van der Waals surface area contributed by atoms with E-state index in [2.05, 4.69) is 9.69 Å². The number of hydrogen-bond donors (Lipinski definition) is 0. The number of hydrogen-bond acceptors (Lipinski definition) is 5. The van der Waals surface area contributed by atoms with Crippen LogP contribution in [0.5, 0.6) is 0 Å². The number of nitrogens with zero attached hydrogens (tertiary/aromatic N) is 4. The minimum atomic E-state index is 0.00602. The van der Waals surface area contributed by atoms with E-state index in [0.29, 0.717) is 23.0 Å². The fourth-order valence-electron chi connectivity index (χ4n) is 2.42. The first kappa shape index (κ1) is 20.9. The first-order valence-corrected chi connectivity index (χ1v) is 9.60. The molecule has 0 unspecified atom stereocenters. The average Bonchev–Trinajstić information content (AvgIpc) is 3.54. The SMILES string of the molecule is [C-]#[N+]/C(C#N)=C\C=C\c1ccc(-c2ccc(-c3ccc(/C=C/C=C(\C#N)[N+]#[C-])o3)s2)o1. The molecular weight excluding hydrogens is 408 g/mol. The van der Waals surface area contributed by atoms with Gasteiger partial charge in [0.05, 0.1) is 35.0 Å². The molecule has 0 N–H and O–H groups in total. The Morgan fingerprint density at radius 2 is 1.23 bits per heavy atom. The lowest BCUT2D eigenvalue weighted by molar-refractivity contribution is 0.573. The zero-order valence-corrected chi connectivity index (χ0v) is 16.8. The Morgan fingerprint density at radius 3 is 1.61 bits per heavy atom. The van der Waals surface area contributed by atoms with Crippen molar-refractivity contribution < 1.29 is 8.83 Å². The molecule has 0 aliphatic heterocycles. The third-order valence-corrected chi connectivity index (χ3v) is 4.96. The minimum absolute atomic E-state index is 0.00602. The van der Waals surface area contributed by atoms with E-state index < -0.39 is 0 Å². The fourth-order valence-corrected chi connectivity index (χ4v) is 3.35. The fraction of sp³-hybridized carbons (Fsp3) is 0. The molecule has 146 valence electrons. The molecule has 0 radical (unpaired) electrons. The van der Waals surface area contributed by atoms with Gasteiger partial charge in [-0.15, -0.1) is 11.3 Å². The van der Waals surface area contributed by atoms with Gasteiger partial charge in [0, 0.05) is 0 Å². The van der Waals surface area contributed by atoms with E-state index in [-0.39, 0.29) is 11.4 Å². The molecule has 3 aromatic rings. The van der Waals surface area contributed by atoms with E-state index in [0.717, 1.165) is 9.75 Å².